The van der Waals surface area contributed by atoms with Gasteiger partial charge >= 0.3 is 5.69 Å². The van der Waals surface area contributed by atoms with Gasteiger partial charge in [-0.15, -0.1) is 0 Å². The van der Waals surface area contributed by atoms with Crippen LogP contribution in [0.1, 0.15) is 18.4 Å². The van der Waals surface area contributed by atoms with Crippen molar-refractivity contribution in [1.82, 2.24) is 4.98 Å². The summed E-state index contributed by atoms with van der Waals surface area (Å²) in [5.74, 6) is 0.131. The Kier molecular flexibility index (Phi) is 4.84. The molecule has 0 aliphatic rings. The Balaban J connectivity index is 2.84. The van der Waals surface area contributed by atoms with Crippen LogP contribution in [0.15, 0.2) is 12.3 Å². The van der Waals surface area contributed by atoms with Gasteiger partial charge in [0.15, 0.2) is 0 Å². The van der Waals surface area contributed by atoms with Gasteiger partial charge in [0.1, 0.15) is 11.6 Å². The van der Waals surface area contributed by atoms with Crippen LogP contribution < -0.4 is 11.1 Å². The number of nitrogens with two attached hydrogens (primary N) is 1. The summed E-state index contributed by atoms with van der Waals surface area (Å²) in [6.45, 7) is 1.12. The van der Waals surface area contributed by atoms with E-state index in [9.17, 15) is 10.1 Å². The van der Waals surface area contributed by atoms with E-state index in [0.717, 1.165) is 12.8 Å². The van der Waals surface area contributed by atoms with Gasteiger partial charge in [0, 0.05) is 12.7 Å². The maximum atomic E-state index is 10.8. The molecule has 0 aliphatic carbocycles. The Morgan fingerprint density at radius 1 is 1.59 bits per heavy atom. The van der Waals surface area contributed by atoms with Gasteiger partial charge in [-0.3, -0.25) is 10.1 Å². The number of pyridine rings is 1. The summed E-state index contributed by atoms with van der Waals surface area (Å²) < 4.78 is 0. The number of hydrogen-bond donors (Lipinski definition) is 2. The molecule has 3 N–H and O–H groups in total. The number of rotatable bonds is 6. The molecule has 0 amide bonds. The van der Waals surface area contributed by atoms with Crippen molar-refractivity contribution in [2.75, 3.05) is 18.4 Å². The van der Waals surface area contributed by atoms with Gasteiger partial charge in [-0.05, 0) is 25.5 Å². The van der Waals surface area contributed by atoms with E-state index < -0.39 is 4.92 Å². The van der Waals surface area contributed by atoms with Gasteiger partial charge < -0.3 is 11.1 Å². The monoisotopic (exact) mass is 235 g/mol. The first-order chi connectivity index (χ1) is 8.20. The lowest BCUT2D eigenvalue weighted by molar-refractivity contribution is -0.384. The Hall–Kier alpha value is -2.20. The first-order valence-electron chi connectivity index (χ1n) is 5.18. The third-order valence-electron chi connectivity index (χ3n) is 2.15. The average molecular weight is 235 g/mol. The van der Waals surface area contributed by atoms with Crippen molar-refractivity contribution in [1.29, 1.82) is 5.26 Å². The molecule has 0 atom stereocenters. The second kappa shape index (κ2) is 6.40. The lowest BCUT2D eigenvalue weighted by atomic mass is 10.2. The third-order valence-corrected chi connectivity index (χ3v) is 2.15. The van der Waals surface area contributed by atoms with Crippen molar-refractivity contribution in [3.63, 3.8) is 0 Å². The molecule has 0 saturated heterocycles. The molecule has 90 valence electrons. The second-order valence-electron chi connectivity index (χ2n) is 3.35. The molecule has 0 aromatic carbocycles. The average Bonchev–Trinajstić information content (AvgIpc) is 2.33. The van der Waals surface area contributed by atoms with Crippen molar-refractivity contribution in [3.8, 4) is 6.07 Å². The highest BCUT2D eigenvalue weighted by molar-refractivity contribution is 5.63. The van der Waals surface area contributed by atoms with Crippen LogP contribution in [-0.2, 0) is 0 Å². The molecule has 0 radical (unpaired) electrons. The number of nitrogens with one attached hydrogen (secondary N) is 1. The van der Waals surface area contributed by atoms with Gasteiger partial charge in [-0.2, -0.15) is 5.26 Å². The molecule has 0 bridgehead atoms. The van der Waals surface area contributed by atoms with Crippen LogP contribution in [0.2, 0.25) is 0 Å². The van der Waals surface area contributed by atoms with E-state index in [-0.39, 0.29) is 17.1 Å². The van der Waals surface area contributed by atoms with Crippen molar-refractivity contribution in [3.05, 3.63) is 27.9 Å². The molecule has 0 aliphatic heterocycles. The Bertz CT molecular complexity index is 441. The Labute approximate surface area is 98.4 Å². The number of nitriles is 1. The van der Waals surface area contributed by atoms with Crippen molar-refractivity contribution in [2.45, 2.75) is 12.8 Å². The van der Waals surface area contributed by atoms with E-state index >= 15 is 0 Å². The minimum absolute atomic E-state index is 0.00586. The molecule has 17 heavy (non-hydrogen) atoms. The van der Waals surface area contributed by atoms with E-state index in [4.69, 9.17) is 11.0 Å². The summed E-state index contributed by atoms with van der Waals surface area (Å²) in [6, 6.07) is 3.10. The fraction of sp³-hybridized carbons (Fsp3) is 0.400. The van der Waals surface area contributed by atoms with E-state index in [2.05, 4.69) is 10.3 Å². The third kappa shape index (κ3) is 3.39. The van der Waals surface area contributed by atoms with E-state index in [0.29, 0.717) is 13.1 Å². The Morgan fingerprint density at radius 3 is 2.94 bits per heavy atom. The number of aromatic nitrogens is 1. The smallest absolute Gasteiger partial charge is 0.328 e. The summed E-state index contributed by atoms with van der Waals surface area (Å²) in [5.41, 5.74) is 5.07. The van der Waals surface area contributed by atoms with Crippen LogP contribution in [0.5, 0.6) is 0 Å². The van der Waals surface area contributed by atoms with Gasteiger partial charge in [0.05, 0.1) is 4.92 Å². The van der Waals surface area contributed by atoms with Crippen LogP contribution in [0, 0.1) is 21.4 Å². The molecule has 0 spiro atoms. The molecule has 0 fully saturated rings. The largest absolute Gasteiger partial charge is 0.364 e. The summed E-state index contributed by atoms with van der Waals surface area (Å²) in [6.07, 6.45) is 3.00. The van der Waals surface area contributed by atoms with Crippen molar-refractivity contribution < 1.29 is 4.92 Å². The predicted molar refractivity (Wildman–Crippen MR) is 62.4 cm³/mol. The van der Waals surface area contributed by atoms with E-state index in [1.54, 1.807) is 6.07 Å². The molecule has 7 heteroatoms. The van der Waals surface area contributed by atoms with Crippen LogP contribution in [0.3, 0.4) is 0 Å². The fourth-order valence-corrected chi connectivity index (χ4v) is 1.33. The SMILES string of the molecule is N#Cc1ccnc(NCCCCN)c1[N+](=O)[O-]. The highest BCUT2D eigenvalue weighted by Crippen LogP contribution is 2.25. The van der Waals surface area contributed by atoms with Crippen LogP contribution in [-0.4, -0.2) is 23.0 Å². The molecule has 1 heterocycles. The molecule has 0 saturated carbocycles. The summed E-state index contributed by atoms with van der Waals surface area (Å²) in [4.78, 5) is 14.1. The first-order valence-corrected chi connectivity index (χ1v) is 5.18. The van der Waals surface area contributed by atoms with Crippen LogP contribution in [0.25, 0.3) is 0 Å². The van der Waals surface area contributed by atoms with Crippen LogP contribution in [0.4, 0.5) is 11.5 Å². The zero-order valence-corrected chi connectivity index (χ0v) is 9.22. The normalized spacial score (nSPS) is 9.65. The minimum Gasteiger partial charge on any atom is -0.364 e. The zero-order valence-electron chi connectivity index (χ0n) is 9.22. The lowest BCUT2D eigenvalue weighted by Crippen LogP contribution is -2.09. The lowest BCUT2D eigenvalue weighted by Gasteiger charge is -2.05. The molecular formula is C10H13N5O2. The molecule has 1 rings (SSSR count). The topological polar surface area (TPSA) is 118 Å². The maximum absolute atomic E-state index is 10.8. The van der Waals surface area contributed by atoms with E-state index in [1.165, 1.54) is 12.3 Å². The number of anilines is 1. The number of unbranched alkanes of at least 4 members (excludes halogenated alkanes) is 1. The van der Waals surface area contributed by atoms with Crippen molar-refractivity contribution in [2.24, 2.45) is 5.73 Å². The molecular weight excluding hydrogens is 222 g/mol. The second-order valence-corrected chi connectivity index (χ2v) is 3.35. The molecule has 1 aromatic rings. The molecule has 1 aromatic heterocycles. The summed E-state index contributed by atoms with van der Waals surface area (Å²) in [7, 11) is 0. The standard InChI is InChI=1S/C10H13N5O2/c11-4-1-2-5-13-10-9(15(16)17)8(7-12)3-6-14-10/h3,6H,1-2,4-5,11H2,(H,13,14). The quantitative estimate of drug-likeness (QED) is 0.431. The van der Waals surface area contributed by atoms with Gasteiger partial charge in [-0.1, -0.05) is 0 Å². The van der Waals surface area contributed by atoms with Gasteiger partial charge in [-0.25, -0.2) is 4.98 Å². The summed E-state index contributed by atoms with van der Waals surface area (Å²) in [5, 5.41) is 22.5. The van der Waals surface area contributed by atoms with Gasteiger partial charge in [0.2, 0.25) is 5.82 Å². The highest BCUT2D eigenvalue weighted by atomic mass is 16.6. The first kappa shape index (κ1) is 12.9. The molecule has 7 nitrogen and oxygen atoms in total. The van der Waals surface area contributed by atoms with Crippen LogP contribution >= 0.6 is 0 Å². The molecule has 0 unspecified atom stereocenters. The zero-order chi connectivity index (χ0) is 12.7. The highest BCUT2D eigenvalue weighted by Gasteiger charge is 2.20. The Morgan fingerprint density at radius 2 is 2.35 bits per heavy atom. The predicted octanol–water partition coefficient (Wildman–Crippen LogP) is 1.01. The number of hydrogen-bond acceptors (Lipinski definition) is 6. The minimum atomic E-state index is -0.600. The van der Waals surface area contributed by atoms with Crippen molar-refractivity contribution >= 4 is 11.5 Å². The van der Waals surface area contributed by atoms with Gasteiger partial charge in [0.25, 0.3) is 0 Å². The summed E-state index contributed by atoms with van der Waals surface area (Å²) >= 11 is 0. The number of nitro groups is 1. The maximum Gasteiger partial charge on any atom is 0.328 e. The fourth-order valence-electron chi connectivity index (χ4n) is 1.33. The van der Waals surface area contributed by atoms with E-state index in [1.807, 2.05) is 0 Å². The number of nitrogens with zero attached hydrogens (tertiary/aromatic N) is 3.